The van der Waals surface area contributed by atoms with Crippen LogP contribution in [0.5, 0.6) is 11.5 Å². The van der Waals surface area contributed by atoms with Crippen LogP contribution in [-0.2, 0) is 0 Å². The molecule has 0 spiro atoms. The number of rotatable bonds is 5. The SMILES string of the molecule is Cc1c(C(=O)N2CCC(NCC3CC3)CC2)nnn1-c1ccc2c(c1)OCCO2. The van der Waals surface area contributed by atoms with Crippen molar-refractivity contribution in [1.82, 2.24) is 25.2 Å². The zero-order chi connectivity index (χ0) is 19.8. The molecule has 2 aliphatic heterocycles. The van der Waals surface area contributed by atoms with E-state index >= 15 is 0 Å². The van der Waals surface area contributed by atoms with Gasteiger partial charge >= 0.3 is 0 Å². The summed E-state index contributed by atoms with van der Waals surface area (Å²) in [7, 11) is 0. The second-order valence-corrected chi connectivity index (χ2v) is 8.18. The Morgan fingerprint density at radius 2 is 1.90 bits per heavy atom. The Balaban J connectivity index is 1.26. The van der Waals surface area contributed by atoms with Crippen LogP contribution in [0.25, 0.3) is 5.69 Å². The van der Waals surface area contributed by atoms with E-state index < -0.39 is 0 Å². The number of aromatic nitrogens is 3. The molecule has 1 amide bonds. The minimum Gasteiger partial charge on any atom is -0.486 e. The van der Waals surface area contributed by atoms with E-state index in [1.165, 1.54) is 12.8 Å². The third-order valence-corrected chi connectivity index (χ3v) is 6.04. The van der Waals surface area contributed by atoms with Gasteiger partial charge in [-0.3, -0.25) is 4.79 Å². The number of hydrogen-bond donors (Lipinski definition) is 1. The first-order chi connectivity index (χ1) is 14.2. The molecule has 1 aromatic heterocycles. The van der Waals surface area contributed by atoms with E-state index in [0.29, 0.717) is 30.7 Å². The molecule has 0 unspecified atom stereocenters. The van der Waals surface area contributed by atoms with Crippen LogP contribution in [0.4, 0.5) is 0 Å². The van der Waals surface area contributed by atoms with Crippen molar-refractivity contribution in [2.75, 3.05) is 32.8 Å². The molecule has 3 heterocycles. The van der Waals surface area contributed by atoms with Crippen LogP contribution >= 0.6 is 0 Å². The van der Waals surface area contributed by atoms with Crippen LogP contribution in [0.15, 0.2) is 18.2 Å². The quantitative estimate of drug-likeness (QED) is 0.831. The maximum Gasteiger partial charge on any atom is 0.276 e. The smallest absolute Gasteiger partial charge is 0.276 e. The van der Waals surface area contributed by atoms with Crippen molar-refractivity contribution in [2.24, 2.45) is 5.92 Å². The number of carbonyl (C=O) groups excluding carboxylic acids is 1. The van der Waals surface area contributed by atoms with Crippen molar-refractivity contribution in [3.63, 3.8) is 0 Å². The monoisotopic (exact) mass is 397 g/mol. The number of benzene rings is 1. The second-order valence-electron chi connectivity index (χ2n) is 8.18. The maximum absolute atomic E-state index is 13.0. The number of fused-ring (bicyclic) bond motifs is 1. The minimum absolute atomic E-state index is 0.0352. The Hall–Kier alpha value is -2.61. The van der Waals surface area contributed by atoms with Crippen LogP contribution in [0.2, 0.25) is 0 Å². The third-order valence-electron chi connectivity index (χ3n) is 6.04. The highest BCUT2D eigenvalue weighted by atomic mass is 16.6. The first-order valence-electron chi connectivity index (χ1n) is 10.5. The van der Waals surface area contributed by atoms with Gasteiger partial charge in [-0.25, -0.2) is 4.68 Å². The fraction of sp³-hybridized carbons (Fsp3) is 0.571. The molecule has 8 heteroatoms. The standard InChI is InChI=1S/C21H27N5O3/c1-14-20(21(27)25-8-6-16(7-9-25)22-13-15-2-3-15)23-24-26(14)17-4-5-18-19(12-17)29-11-10-28-18/h4-5,12,15-16,22H,2-3,6-11,13H2,1H3. The largest absolute Gasteiger partial charge is 0.486 e. The van der Waals surface area contributed by atoms with E-state index in [4.69, 9.17) is 9.47 Å². The number of nitrogens with one attached hydrogen (secondary N) is 1. The molecule has 29 heavy (non-hydrogen) atoms. The highest BCUT2D eigenvalue weighted by Crippen LogP contribution is 2.32. The summed E-state index contributed by atoms with van der Waals surface area (Å²) in [6, 6.07) is 6.17. The summed E-state index contributed by atoms with van der Waals surface area (Å²) in [5, 5.41) is 12.1. The van der Waals surface area contributed by atoms with Gasteiger partial charge in [-0.2, -0.15) is 0 Å². The predicted molar refractivity (Wildman–Crippen MR) is 107 cm³/mol. The molecule has 1 saturated carbocycles. The van der Waals surface area contributed by atoms with Crippen molar-refractivity contribution in [3.8, 4) is 17.2 Å². The molecule has 3 aliphatic rings. The van der Waals surface area contributed by atoms with Gasteiger partial charge in [-0.1, -0.05) is 5.21 Å². The topological polar surface area (TPSA) is 81.5 Å². The zero-order valence-corrected chi connectivity index (χ0v) is 16.8. The van der Waals surface area contributed by atoms with Crippen LogP contribution in [0.3, 0.4) is 0 Å². The van der Waals surface area contributed by atoms with E-state index in [1.807, 2.05) is 30.0 Å². The van der Waals surface area contributed by atoms with Gasteiger partial charge in [0.05, 0.1) is 11.4 Å². The van der Waals surface area contributed by atoms with Gasteiger partial charge < -0.3 is 19.7 Å². The molecule has 5 rings (SSSR count). The Bertz CT molecular complexity index is 900. The summed E-state index contributed by atoms with van der Waals surface area (Å²) >= 11 is 0. The Morgan fingerprint density at radius 3 is 2.66 bits per heavy atom. The number of nitrogens with zero attached hydrogens (tertiary/aromatic N) is 4. The van der Waals surface area contributed by atoms with E-state index in [0.717, 1.165) is 55.5 Å². The zero-order valence-electron chi connectivity index (χ0n) is 16.8. The Kier molecular flexibility index (Phi) is 4.87. The van der Waals surface area contributed by atoms with Gasteiger partial charge in [-0.15, -0.1) is 5.10 Å². The lowest BCUT2D eigenvalue weighted by Crippen LogP contribution is -2.45. The van der Waals surface area contributed by atoms with Crippen molar-refractivity contribution < 1.29 is 14.3 Å². The van der Waals surface area contributed by atoms with Gasteiger partial charge in [0.25, 0.3) is 5.91 Å². The average molecular weight is 397 g/mol. The molecular formula is C21H27N5O3. The third kappa shape index (κ3) is 3.81. The van der Waals surface area contributed by atoms with Crippen LogP contribution in [-0.4, -0.2) is 64.7 Å². The molecule has 1 N–H and O–H groups in total. The van der Waals surface area contributed by atoms with E-state index in [2.05, 4.69) is 15.6 Å². The molecule has 1 saturated heterocycles. The van der Waals surface area contributed by atoms with Gasteiger partial charge in [0.2, 0.25) is 0 Å². The Labute approximate surface area is 170 Å². The fourth-order valence-corrected chi connectivity index (χ4v) is 4.03. The predicted octanol–water partition coefficient (Wildman–Crippen LogP) is 1.95. The minimum atomic E-state index is -0.0352. The van der Waals surface area contributed by atoms with Gasteiger partial charge in [-0.05, 0) is 57.2 Å². The lowest BCUT2D eigenvalue weighted by molar-refractivity contribution is 0.0698. The van der Waals surface area contributed by atoms with Gasteiger partial charge in [0.15, 0.2) is 17.2 Å². The Morgan fingerprint density at radius 1 is 1.14 bits per heavy atom. The van der Waals surface area contributed by atoms with E-state index in [9.17, 15) is 4.79 Å². The number of ether oxygens (including phenoxy) is 2. The molecule has 0 atom stereocenters. The summed E-state index contributed by atoms with van der Waals surface area (Å²) in [5.74, 6) is 2.27. The first-order valence-corrected chi connectivity index (χ1v) is 10.5. The van der Waals surface area contributed by atoms with Gasteiger partial charge in [0, 0.05) is 25.2 Å². The molecule has 154 valence electrons. The summed E-state index contributed by atoms with van der Waals surface area (Å²) in [5.41, 5.74) is 1.96. The number of piperidine rings is 1. The second kappa shape index (κ2) is 7.67. The molecule has 0 bridgehead atoms. The summed E-state index contributed by atoms with van der Waals surface area (Å²) in [4.78, 5) is 14.9. The summed E-state index contributed by atoms with van der Waals surface area (Å²) in [6.45, 7) is 5.62. The number of likely N-dealkylation sites (tertiary alicyclic amines) is 1. The van der Waals surface area contributed by atoms with Crippen molar-refractivity contribution in [1.29, 1.82) is 0 Å². The maximum atomic E-state index is 13.0. The molecule has 2 aromatic rings. The molecular weight excluding hydrogens is 370 g/mol. The van der Waals surface area contributed by atoms with E-state index in [1.54, 1.807) is 4.68 Å². The summed E-state index contributed by atoms with van der Waals surface area (Å²) < 4.78 is 12.9. The fourth-order valence-electron chi connectivity index (χ4n) is 4.03. The molecule has 1 aromatic carbocycles. The molecule has 2 fully saturated rings. The number of amides is 1. The van der Waals surface area contributed by atoms with Crippen LogP contribution in [0, 0.1) is 12.8 Å². The average Bonchev–Trinajstić information content (AvgIpc) is 3.52. The lowest BCUT2D eigenvalue weighted by Gasteiger charge is -2.32. The molecule has 1 aliphatic carbocycles. The molecule has 8 nitrogen and oxygen atoms in total. The normalized spacial score (nSPS) is 19.4. The van der Waals surface area contributed by atoms with Crippen molar-refractivity contribution >= 4 is 5.91 Å². The molecule has 0 radical (unpaired) electrons. The number of hydrogen-bond acceptors (Lipinski definition) is 6. The highest BCUT2D eigenvalue weighted by molar-refractivity contribution is 5.93. The van der Waals surface area contributed by atoms with Crippen LogP contribution in [0.1, 0.15) is 41.9 Å². The summed E-state index contributed by atoms with van der Waals surface area (Å²) in [6.07, 6.45) is 4.72. The first kappa shape index (κ1) is 18.4. The van der Waals surface area contributed by atoms with E-state index in [-0.39, 0.29) is 5.91 Å². The van der Waals surface area contributed by atoms with Crippen molar-refractivity contribution in [2.45, 2.75) is 38.6 Å². The van der Waals surface area contributed by atoms with Crippen molar-refractivity contribution in [3.05, 3.63) is 29.6 Å². The van der Waals surface area contributed by atoms with Crippen LogP contribution < -0.4 is 14.8 Å². The van der Waals surface area contributed by atoms with Gasteiger partial charge in [0.1, 0.15) is 13.2 Å². The lowest BCUT2D eigenvalue weighted by atomic mass is 10.0. The highest BCUT2D eigenvalue weighted by Gasteiger charge is 2.29. The number of carbonyl (C=O) groups is 1.